The molecule has 2 heteroatoms. The van der Waals surface area contributed by atoms with Crippen LogP contribution in [0.25, 0.3) is 0 Å². The van der Waals surface area contributed by atoms with Crippen LogP contribution in [-0.2, 0) is 0 Å². The van der Waals surface area contributed by atoms with Crippen LogP contribution in [0.15, 0.2) is 0 Å². The molecule has 2 rings (SSSR count). The molecule has 1 saturated heterocycles. The lowest BCUT2D eigenvalue weighted by atomic mass is 9.84. The van der Waals surface area contributed by atoms with E-state index in [1.807, 2.05) is 0 Å². The SMILES string of the molecule is CN1CC1C(O)C1CCCCC1. The standard InChI is InChI=1S/C10H19NO/c1-11-7-9(11)10(12)8-5-3-2-4-6-8/h8-10,12H,2-7H2,1H3. The first-order valence-electron chi connectivity index (χ1n) is 5.17. The molecule has 1 saturated carbocycles. The monoisotopic (exact) mass is 169 g/mol. The summed E-state index contributed by atoms with van der Waals surface area (Å²) in [7, 11) is 2.09. The molecule has 2 aliphatic rings. The number of aliphatic hydroxyl groups excluding tert-OH is 1. The van der Waals surface area contributed by atoms with Crippen molar-refractivity contribution < 1.29 is 5.11 Å². The lowest BCUT2D eigenvalue weighted by molar-refractivity contribution is 0.0744. The lowest BCUT2D eigenvalue weighted by Gasteiger charge is -2.26. The molecular formula is C10H19NO. The molecule has 0 aromatic heterocycles. The molecule has 0 aromatic rings. The van der Waals surface area contributed by atoms with Crippen molar-refractivity contribution in [2.24, 2.45) is 5.92 Å². The first-order valence-corrected chi connectivity index (χ1v) is 5.17. The Kier molecular flexibility index (Phi) is 2.37. The molecule has 2 nitrogen and oxygen atoms in total. The van der Waals surface area contributed by atoms with E-state index >= 15 is 0 Å². The Balaban J connectivity index is 1.82. The Morgan fingerprint density at radius 1 is 1.25 bits per heavy atom. The topological polar surface area (TPSA) is 23.2 Å². The van der Waals surface area contributed by atoms with Gasteiger partial charge in [-0.15, -0.1) is 0 Å². The minimum atomic E-state index is -0.0321. The van der Waals surface area contributed by atoms with E-state index in [4.69, 9.17) is 0 Å². The van der Waals surface area contributed by atoms with Crippen LogP contribution < -0.4 is 0 Å². The number of hydrogen-bond donors (Lipinski definition) is 1. The molecule has 1 heterocycles. The minimum Gasteiger partial charge on any atom is -0.391 e. The summed E-state index contributed by atoms with van der Waals surface area (Å²) in [5.74, 6) is 0.605. The highest BCUT2D eigenvalue weighted by Gasteiger charge is 2.40. The van der Waals surface area contributed by atoms with Crippen LogP contribution in [0.2, 0.25) is 0 Å². The molecule has 12 heavy (non-hydrogen) atoms. The van der Waals surface area contributed by atoms with E-state index in [2.05, 4.69) is 11.9 Å². The smallest absolute Gasteiger partial charge is 0.0735 e. The second kappa shape index (κ2) is 3.35. The molecule has 0 amide bonds. The summed E-state index contributed by atoms with van der Waals surface area (Å²) in [6.45, 7) is 1.11. The van der Waals surface area contributed by atoms with Crippen LogP contribution >= 0.6 is 0 Å². The van der Waals surface area contributed by atoms with E-state index in [1.54, 1.807) is 0 Å². The molecule has 0 radical (unpaired) electrons. The zero-order chi connectivity index (χ0) is 8.55. The molecule has 3 atom stereocenters. The average Bonchev–Trinajstić information content (AvgIpc) is 2.83. The van der Waals surface area contributed by atoms with Crippen molar-refractivity contribution >= 4 is 0 Å². The fraction of sp³-hybridized carbons (Fsp3) is 1.00. The minimum absolute atomic E-state index is 0.0321. The Bertz CT molecular complexity index is 154. The van der Waals surface area contributed by atoms with Crippen molar-refractivity contribution in [2.75, 3.05) is 13.6 Å². The summed E-state index contributed by atoms with van der Waals surface area (Å²) < 4.78 is 0. The van der Waals surface area contributed by atoms with Crippen molar-refractivity contribution in [1.29, 1.82) is 0 Å². The van der Waals surface area contributed by atoms with Gasteiger partial charge in [0.15, 0.2) is 0 Å². The highest BCUT2D eigenvalue weighted by atomic mass is 16.3. The maximum Gasteiger partial charge on any atom is 0.0735 e. The normalized spacial score (nSPS) is 39.5. The van der Waals surface area contributed by atoms with Crippen molar-refractivity contribution in [2.45, 2.75) is 44.2 Å². The van der Waals surface area contributed by atoms with Gasteiger partial charge in [0.05, 0.1) is 6.10 Å². The number of rotatable bonds is 2. The fourth-order valence-corrected chi connectivity index (χ4v) is 2.41. The van der Waals surface area contributed by atoms with Crippen LogP contribution in [-0.4, -0.2) is 35.7 Å². The highest BCUT2D eigenvalue weighted by Crippen LogP contribution is 2.32. The first-order chi connectivity index (χ1) is 5.79. The largest absolute Gasteiger partial charge is 0.391 e. The van der Waals surface area contributed by atoms with E-state index in [1.165, 1.54) is 32.1 Å². The van der Waals surface area contributed by atoms with Gasteiger partial charge in [0.1, 0.15) is 0 Å². The molecule has 1 N–H and O–H groups in total. The third-order valence-corrected chi connectivity index (χ3v) is 3.43. The maximum atomic E-state index is 9.94. The Morgan fingerprint density at radius 3 is 2.33 bits per heavy atom. The van der Waals surface area contributed by atoms with E-state index in [9.17, 15) is 5.11 Å². The Hall–Kier alpha value is -0.0800. The number of likely N-dealkylation sites (N-methyl/N-ethyl adjacent to an activating group) is 1. The van der Waals surface area contributed by atoms with Crippen LogP contribution in [0, 0.1) is 5.92 Å². The van der Waals surface area contributed by atoms with Crippen LogP contribution in [0.5, 0.6) is 0 Å². The molecule has 70 valence electrons. The van der Waals surface area contributed by atoms with Gasteiger partial charge in [-0.3, -0.25) is 4.90 Å². The summed E-state index contributed by atoms with van der Waals surface area (Å²) in [5, 5.41) is 9.94. The van der Waals surface area contributed by atoms with Gasteiger partial charge in [-0.1, -0.05) is 19.3 Å². The van der Waals surface area contributed by atoms with Crippen molar-refractivity contribution in [3.63, 3.8) is 0 Å². The van der Waals surface area contributed by atoms with Crippen LogP contribution in [0.4, 0.5) is 0 Å². The molecule has 2 fully saturated rings. The van der Waals surface area contributed by atoms with Gasteiger partial charge in [-0.2, -0.15) is 0 Å². The maximum absolute atomic E-state index is 9.94. The average molecular weight is 169 g/mol. The zero-order valence-corrected chi connectivity index (χ0v) is 7.87. The van der Waals surface area contributed by atoms with Gasteiger partial charge in [0.2, 0.25) is 0 Å². The summed E-state index contributed by atoms with van der Waals surface area (Å²) >= 11 is 0. The van der Waals surface area contributed by atoms with E-state index in [0.717, 1.165) is 6.54 Å². The fourth-order valence-electron chi connectivity index (χ4n) is 2.41. The second-order valence-corrected chi connectivity index (χ2v) is 4.40. The van der Waals surface area contributed by atoms with Crippen molar-refractivity contribution in [3.8, 4) is 0 Å². The molecular weight excluding hydrogens is 150 g/mol. The molecule has 3 unspecified atom stereocenters. The highest BCUT2D eigenvalue weighted by molar-refractivity contribution is 4.95. The van der Waals surface area contributed by atoms with Gasteiger partial charge < -0.3 is 5.11 Å². The third kappa shape index (κ3) is 1.64. The zero-order valence-electron chi connectivity index (χ0n) is 7.87. The number of aliphatic hydroxyl groups is 1. The molecule has 0 bridgehead atoms. The summed E-state index contributed by atoms with van der Waals surface area (Å²) in [6, 6.07) is 0.494. The van der Waals surface area contributed by atoms with Gasteiger partial charge in [-0.25, -0.2) is 0 Å². The Morgan fingerprint density at radius 2 is 1.83 bits per heavy atom. The van der Waals surface area contributed by atoms with Crippen LogP contribution in [0.3, 0.4) is 0 Å². The predicted molar refractivity (Wildman–Crippen MR) is 49.0 cm³/mol. The quantitative estimate of drug-likeness (QED) is 0.629. The summed E-state index contributed by atoms with van der Waals surface area (Å²) in [4.78, 5) is 2.24. The van der Waals surface area contributed by atoms with E-state index in [-0.39, 0.29) is 6.10 Å². The molecule has 0 spiro atoms. The summed E-state index contributed by atoms with van der Waals surface area (Å²) in [6.07, 6.45) is 6.52. The second-order valence-electron chi connectivity index (χ2n) is 4.40. The lowest BCUT2D eigenvalue weighted by Crippen LogP contribution is -2.29. The van der Waals surface area contributed by atoms with Gasteiger partial charge in [-0.05, 0) is 25.8 Å². The number of hydrogen-bond acceptors (Lipinski definition) is 2. The summed E-state index contributed by atoms with van der Waals surface area (Å²) in [5.41, 5.74) is 0. The van der Waals surface area contributed by atoms with Gasteiger partial charge in [0, 0.05) is 12.6 Å². The van der Waals surface area contributed by atoms with E-state index < -0.39 is 0 Å². The third-order valence-electron chi connectivity index (χ3n) is 3.43. The number of nitrogens with zero attached hydrogens (tertiary/aromatic N) is 1. The van der Waals surface area contributed by atoms with Gasteiger partial charge >= 0.3 is 0 Å². The predicted octanol–water partition coefficient (Wildman–Crippen LogP) is 1.24. The van der Waals surface area contributed by atoms with Crippen molar-refractivity contribution in [3.05, 3.63) is 0 Å². The molecule has 0 aromatic carbocycles. The van der Waals surface area contributed by atoms with Crippen molar-refractivity contribution in [1.82, 2.24) is 4.90 Å². The van der Waals surface area contributed by atoms with Gasteiger partial charge in [0.25, 0.3) is 0 Å². The molecule has 1 aliphatic carbocycles. The van der Waals surface area contributed by atoms with Crippen LogP contribution in [0.1, 0.15) is 32.1 Å². The first kappa shape index (κ1) is 8.52. The molecule has 1 aliphatic heterocycles. The Labute approximate surface area is 74.6 Å². The van der Waals surface area contributed by atoms with E-state index in [0.29, 0.717) is 12.0 Å².